The van der Waals surface area contributed by atoms with Crippen LogP contribution in [-0.4, -0.2) is 4.98 Å². The Morgan fingerprint density at radius 3 is 2.45 bits per heavy atom. The molecule has 0 bridgehead atoms. The standard InChI is InChI=1S/C17H15FN2/c1-11-3-6-14(7-4-11)20-17-9-12(2)19-16-8-5-13(18)10-15(16)17/h3-10H,1-2H3,(H,19,20). The zero-order valence-electron chi connectivity index (χ0n) is 11.4. The average Bonchev–Trinajstić information content (AvgIpc) is 2.42. The minimum atomic E-state index is -0.255. The van der Waals surface area contributed by atoms with Crippen molar-refractivity contribution in [3.05, 3.63) is 65.6 Å². The van der Waals surface area contributed by atoms with E-state index >= 15 is 0 Å². The normalized spacial score (nSPS) is 10.8. The van der Waals surface area contributed by atoms with Crippen LogP contribution in [0.1, 0.15) is 11.3 Å². The molecular formula is C17H15FN2. The van der Waals surface area contributed by atoms with Crippen LogP contribution in [0.5, 0.6) is 0 Å². The molecule has 2 nitrogen and oxygen atoms in total. The van der Waals surface area contributed by atoms with Crippen molar-refractivity contribution in [2.75, 3.05) is 5.32 Å². The number of aryl methyl sites for hydroxylation is 2. The molecule has 0 fully saturated rings. The first-order valence-electron chi connectivity index (χ1n) is 6.52. The van der Waals surface area contributed by atoms with Crippen molar-refractivity contribution in [2.45, 2.75) is 13.8 Å². The Kier molecular flexibility index (Phi) is 3.11. The van der Waals surface area contributed by atoms with Crippen LogP contribution < -0.4 is 5.32 Å². The number of benzene rings is 2. The third kappa shape index (κ3) is 2.48. The van der Waals surface area contributed by atoms with Crippen LogP contribution in [0, 0.1) is 19.7 Å². The molecule has 3 heteroatoms. The van der Waals surface area contributed by atoms with Crippen molar-refractivity contribution >= 4 is 22.3 Å². The Morgan fingerprint density at radius 2 is 1.70 bits per heavy atom. The number of hydrogen-bond donors (Lipinski definition) is 1. The highest BCUT2D eigenvalue weighted by molar-refractivity contribution is 5.93. The number of fused-ring (bicyclic) bond motifs is 1. The summed E-state index contributed by atoms with van der Waals surface area (Å²) in [4.78, 5) is 4.43. The fourth-order valence-electron chi connectivity index (χ4n) is 2.23. The number of nitrogens with one attached hydrogen (secondary N) is 1. The van der Waals surface area contributed by atoms with E-state index in [0.29, 0.717) is 0 Å². The van der Waals surface area contributed by atoms with Crippen molar-refractivity contribution in [1.82, 2.24) is 4.98 Å². The van der Waals surface area contributed by atoms with E-state index in [1.54, 1.807) is 6.07 Å². The molecule has 3 aromatic rings. The van der Waals surface area contributed by atoms with Gasteiger partial charge in [-0.2, -0.15) is 0 Å². The lowest BCUT2D eigenvalue weighted by Crippen LogP contribution is -1.95. The first-order chi connectivity index (χ1) is 9.61. The summed E-state index contributed by atoms with van der Waals surface area (Å²) < 4.78 is 13.5. The molecule has 0 unspecified atom stereocenters. The average molecular weight is 266 g/mol. The fraction of sp³-hybridized carbons (Fsp3) is 0.118. The number of pyridine rings is 1. The number of anilines is 2. The molecule has 1 aromatic heterocycles. The van der Waals surface area contributed by atoms with Crippen LogP contribution in [0.25, 0.3) is 10.9 Å². The van der Waals surface area contributed by atoms with Gasteiger partial charge in [-0.25, -0.2) is 4.39 Å². The number of nitrogens with zero attached hydrogens (tertiary/aromatic N) is 1. The van der Waals surface area contributed by atoms with Crippen molar-refractivity contribution < 1.29 is 4.39 Å². The van der Waals surface area contributed by atoms with Crippen molar-refractivity contribution in [3.8, 4) is 0 Å². The molecule has 0 aliphatic heterocycles. The molecule has 100 valence electrons. The molecule has 3 rings (SSSR count). The van der Waals surface area contributed by atoms with Gasteiger partial charge < -0.3 is 5.32 Å². The quantitative estimate of drug-likeness (QED) is 0.725. The minimum absolute atomic E-state index is 0.255. The van der Waals surface area contributed by atoms with Gasteiger partial charge in [-0.1, -0.05) is 17.7 Å². The Morgan fingerprint density at radius 1 is 0.950 bits per heavy atom. The van der Waals surface area contributed by atoms with Crippen molar-refractivity contribution in [1.29, 1.82) is 0 Å². The van der Waals surface area contributed by atoms with Gasteiger partial charge in [0.1, 0.15) is 5.82 Å². The van der Waals surface area contributed by atoms with Crippen LogP contribution in [0.2, 0.25) is 0 Å². The summed E-state index contributed by atoms with van der Waals surface area (Å²) in [5.74, 6) is -0.255. The second-order valence-corrected chi connectivity index (χ2v) is 4.96. The molecule has 0 spiro atoms. The highest BCUT2D eigenvalue weighted by Gasteiger charge is 2.06. The van der Waals surface area contributed by atoms with Crippen LogP contribution in [0.3, 0.4) is 0 Å². The summed E-state index contributed by atoms with van der Waals surface area (Å²) >= 11 is 0. The van der Waals surface area contributed by atoms with Crippen LogP contribution in [0.15, 0.2) is 48.5 Å². The van der Waals surface area contributed by atoms with Gasteiger partial charge in [0.15, 0.2) is 0 Å². The van der Waals surface area contributed by atoms with Crippen LogP contribution in [0.4, 0.5) is 15.8 Å². The van der Waals surface area contributed by atoms with Gasteiger partial charge in [0.25, 0.3) is 0 Å². The summed E-state index contributed by atoms with van der Waals surface area (Å²) in [6, 6.07) is 14.7. The molecule has 0 aliphatic rings. The zero-order valence-corrected chi connectivity index (χ0v) is 11.4. The molecule has 2 aromatic carbocycles. The number of halogens is 1. The maximum atomic E-state index is 13.5. The second kappa shape index (κ2) is 4.93. The Labute approximate surface area is 117 Å². The third-order valence-corrected chi connectivity index (χ3v) is 3.23. The second-order valence-electron chi connectivity index (χ2n) is 4.96. The monoisotopic (exact) mass is 266 g/mol. The first-order valence-corrected chi connectivity index (χ1v) is 6.52. The smallest absolute Gasteiger partial charge is 0.124 e. The summed E-state index contributed by atoms with van der Waals surface area (Å²) in [6.07, 6.45) is 0. The summed E-state index contributed by atoms with van der Waals surface area (Å²) in [6.45, 7) is 3.98. The lowest BCUT2D eigenvalue weighted by Gasteiger charge is -2.11. The third-order valence-electron chi connectivity index (χ3n) is 3.23. The highest BCUT2D eigenvalue weighted by atomic mass is 19.1. The highest BCUT2D eigenvalue weighted by Crippen LogP contribution is 2.27. The zero-order chi connectivity index (χ0) is 14.1. The van der Waals surface area contributed by atoms with E-state index in [4.69, 9.17) is 0 Å². The summed E-state index contributed by atoms with van der Waals surface area (Å²) in [5, 5.41) is 4.12. The first kappa shape index (κ1) is 12.6. The maximum Gasteiger partial charge on any atom is 0.124 e. The molecule has 0 saturated heterocycles. The van der Waals surface area contributed by atoms with Gasteiger partial charge in [0, 0.05) is 22.5 Å². The molecule has 1 N–H and O–H groups in total. The van der Waals surface area contributed by atoms with E-state index in [9.17, 15) is 4.39 Å². The SMILES string of the molecule is Cc1ccc(Nc2cc(C)nc3ccc(F)cc23)cc1. The summed E-state index contributed by atoms with van der Waals surface area (Å²) in [7, 11) is 0. The van der Waals surface area contributed by atoms with E-state index in [1.165, 1.54) is 17.7 Å². The largest absolute Gasteiger partial charge is 0.355 e. The number of hydrogen-bond acceptors (Lipinski definition) is 2. The van der Waals surface area contributed by atoms with Gasteiger partial charge in [0.2, 0.25) is 0 Å². The lowest BCUT2D eigenvalue weighted by atomic mass is 10.1. The molecule has 20 heavy (non-hydrogen) atoms. The van der Waals surface area contributed by atoms with E-state index in [1.807, 2.05) is 44.2 Å². The van der Waals surface area contributed by atoms with Gasteiger partial charge in [0.05, 0.1) is 5.52 Å². The fourth-order valence-corrected chi connectivity index (χ4v) is 2.23. The van der Waals surface area contributed by atoms with E-state index in [0.717, 1.165) is 28.0 Å². The van der Waals surface area contributed by atoms with E-state index in [2.05, 4.69) is 10.3 Å². The predicted octanol–water partition coefficient (Wildman–Crippen LogP) is 4.73. The van der Waals surface area contributed by atoms with Gasteiger partial charge in [-0.15, -0.1) is 0 Å². The lowest BCUT2D eigenvalue weighted by molar-refractivity contribution is 0.629. The topological polar surface area (TPSA) is 24.9 Å². The molecule has 0 atom stereocenters. The van der Waals surface area contributed by atoms with Crippen LogP contribution >= 0.6 is 0 Å². The number of aromatic nitrogens is 1. The predicted molar refractivity (Wildman–Crippen MR) is 80.9 cm³/mol. The van der Waals surface area contributed by atoms with Crippen molar-refractivity contribution in [3.63, 3.8) is 0 Å². The molecule has 0 saturated carbocycles. The molecule has 0 aliphatic carbocycles. The minimum Gasteiger partial charge on any atom is -0.355 e. The molecule has 1 heterocycles. The van der Waals surface area contributed by atoms with Crippen LogP contribution in [-0.2, 0) is 0 Å². The Hall–Kier alpha value is -2.42. The number of rotatable bonds is 2. The molecule has 0 amide bonds. The van der Waals surface area contributed by atoms with Gasteiger partial charge in [-0.3, -0.25) is 4.98 Å². The Bertz CT molecular complexity index is 764. The molecule has 0 radical (unpaired) electrons. The van der Waals surface area contributed by atoms with Gasteiger partial charge >= 0.3 is 0 Å². The molecular weight excluding hydrogens is 251 g/mol. The Balaban J connectivity index is 2.10. The van der Waals surface area contributed by atoms with E-state index in [-0.39, 0.29) is 5.82 Å². The van der Waals surface area contributed by atoms with Crippen molar-refractivity contribution in [2.24, 2.45) is 0 Å². The summed E-state index contributed by atoms with van der Waals surface area (Å²) in [5.41, 5.74) is 4.75. The maximum absolute atomic E-state index is 13.5. The van der Waals surface area contributed by atoms with Gasteiger partial charge in [-0.05, 0) is 50.2 Å². The van der Waals surface area contributed by atoms with E-state index < -0.39 is 0 Å².